The summed E-state index contributed by atoms with van der Waals surface area (Å²) in [4.78, 5) is 26.0. The monoisotopic (exact) mass is 432 g/mol. The molecule has 0 saturated carbocycles. The van der Waals surface area contributed by atoms with Gasteiger partial charge in [0.1, 0.15) is 12.1 Å². The maximum Gasteiger partial charge on any atom is 0.354 e. The Morgan fingerprint density at radius 1 is 0.935 bits per heavy atom. The Labute approximate surface area is 183 Å². The van der Waals surface area contributed by atoms with Crippen LogP contribution < -0.4 is 10.2 Å². The minimum absolute atomic E-state index is 0.0390. The first-order chi connectivity index (χ1) is 15.1. The van der Waals surface area contributed by atoms with Crippen molar-refractivity contribution in [2.45, 2.75) is 6.54 Å². The van der Waals surface area contributed by atoms with Gasteiger partial charge < -0.3 is 10.2 Å². The number of rotatable bonds is 7. The molecule has 0 atom stereocenters. The molecule has 0 radical (unpaired) electrons. The lowest BCUT2D eigenvalue weighted by Crippen LogP contribution is -2.21. The average Bonchev–Trinajstić information content (AvgIpc) is 2.80. The molecule has 0 amide bonds. The van der Waals surface area contributed by atoms with Crippen molar-refractivity contribution in [3.63, 3.8) is 0 Å². The van der Waals surface area contributed by atoms with E-state index in [1.54, 1.807) is 47.5 Å². The van der Waals surface area contributed by atoms with Crippen molar-refractivity contribution in [3.8, 4) is 0 Å². The third-order valence-electron chi connectivity index (χ3n) is 4.48. The molecule has 2 aromatic heterocycles. The molecule has 154 valence electrons. The van der Waals surface area contributed by atoms with Crippen LogP contribution >= 0.6 is 11.6 Å². The van der Waals surface area contributed by atoms with Crippen LogP contribution in [0.5, 0.6) is 0 Å². The largest absolute Gasteiger partial charge is 0.354 e. The molecule has 9 heteroatoms. The third-order valence-corrected chi connectivity index (χ3v) is 4.81. The normalized spacial score (nSPS) is 10.5. The number of anilines is 4. The van der Waals surface area contributed by atoms with E-state index in [1.807, 2.05) is 36.4 Å². The third kappa shape index (κ3) is 4.59. The zero-order valence-electron chi connectivity index (χ0n) is 16.2. The van der Waals surface area contributed by atoms with E-state index in [9.17, 15) is 10.1 Å². The van der Waals surface area contributed by atoms with Crippen LogP contribution in [0.1, 0.15) is 5.56 Å². The second-order valence-corrected chi connectivity index (χ2v) is 6.92. The smallest absolute Gasteiger partial charge is 0.333 e. The Hall–Kier alpha value is -4.04. The number of nitrogens with zero attached hydrogens (tertiary/aromatic N) is 5. The van der Waals surface area contributed by atoms with Gasteiger partial charge in [0, 0.05) is 6.20 Å². The second-order valence-electron chi connectivity index (χ2n) is 6.52. The van der Waals surface area contributed by atoms with Gasteiger partial charge in [-0.25, -0.2) is 15.0 Å². The Kier molecular flexibility index (Phi) is 6.00. The minimum Gasteiger partial charge on any atom is -0.333 e. The Morgan fingerprint density at radius 3 is 2.39 bits per heavy atom. The molecule has 0 aliphatic carbocycles. The van der Waals surface area contributed by atoms with Crippen LogP contribution in [0, 0.1) is 10.1 Å². The first-order valence-corrected chi connectivity index (χ1v) is 9.74. The number of hydrogen-bond donors (Lipinski definition) is 1. The minimum atomic E-state index is -0.505. The van der Waals surface area contributed by atoms with E-state index in [0.717, 1.165) is 5.56 Å². The quantitative estimate of drug-likeness (QED) is 0.303. The lowest BCUT2D eigenvalue weighted by molar-refractivity contribution is -0.383. The number of hydrogen-bond acceptors (Lipinski definition) is 7. The topological polar surface area (TPSA) is 97.1 Å². The number of benzene rings is 2. The van der Waals surface area contributed by atoms with Crippen LogP contribution in [-0.2, 0) is 6.54 Å². The maximum absolute atomic E-state index is 12.1. The first-order valence-electron chi connectivity index (χ1n) is 9.37. The predicted octanol–water partition coefficient (Wildman–Crippen LogP) is 5.52. The van der Waals surface area contributed by atoms with Gasteiger partial charge in [-0.05, 0) is 29.8 Å². The highest BCUT2D eigenvalue weighted by Gasteiger charge is 2.29. The fourth-order valence-corrected chi connectivity index (χ4v) is 3.24. The van der Waals surface area contributed by atoms with Gasteiger partial charge in [-0.3, -0.25) is 10.1 Å². The molecule has 0 unspecified atom stereocenters. The number of pyridine rings is 1. The fourth-order valence-electron chi connectivity index (χ4n) is 3.06. The molecule has 0 bridgehead atoms. The van der Waals surface area contributed by atoms with Crippen molar-refractivity contribution in [2.75, 3.05) is 10.2 Å². The van der Waals surface area contributed by atoms with E-state index >= 15 is 0 Å². The van der Waals surface area contributed by atoms with Gasteiger partial charge in [0.25, 0.3) is 0 Å². The SMILES string of the molecule is O=[N+]([O-])c1c(Nc2ccccc2Cl)ncnc1N(Cc1ccccc1)c1ccccn1. The molecule has 31 heavy (non-hydrogen) atoms. The lowest BCUT2D eigenvalue weighted by atomic mass is 10.2. The van der Waals surface area contributed by atoms with Gasteiger partial charge in [-0.2, -0.15) is 0 Å². The van der Waals surface area contributed by atoms with Crippen LogP contribution in [0.15, 0.2) is 85.3 Å². The predicted molar refractivity (Wildman–Crippen MR) is 120 cm³/mol. The zero-order chi connectivity index (χ0) is 21.6. The Morgan fingerprint density at radius 2 is 1.68 bits per heavy atom. The summed E-state index contributed by atoms with van der Waals surface area (Å²) in [5, 5.41) is 15.5. The van der Waals surface area contributed by atoms with Crippen molar-refractivity contribution < 1.29 is 4.92 Å². The van der Waals surface area contributed by atoms with Crippen LogP contribution in [0.2, 0.25) is 5.02 Å². The number of halogens is 1. The lowest BCUT2D eigenvalue weighted by Gasteiger charge is -2.23. The molecule has 2 heterocycles. The number of nitro groups is 1. The van der Waals surface area contributed by atoms with Gasteiger partial charge in [-0.15, -0.1) is 0 Å². The first kappa shape index (κ1) is 20.2. The molecule has 0 aliphatic rings. The second kappa shape index (κ2) is 9.19. The molecule has 0 saturated heterocycles. The van der Waals surface area contributed by atoms with Crippen molar-refractivity contribution in [1.82, 2.24) is 15.0 Å². The van der Waals surface area contributed by atoms with Crippen molar-refractivity contribution in [3.05, 3.63) is 106 Å². The summed E-state index contributed by atoms with van der Waals surface area (Å²) in [6, 6.07) is 21.9. The van der Waals surface area contributed by atoms with Gasteiger partial charge in [0.05, 0.1) is 22.2 Å². The summed E-state index contributed by atoms with van der Waals surface area (Å²) < 4.78 is 0. The highest BCUT2D eigenvalue weighted by atomic mass is 35.5. The van der Waals surface area contributed by atoms with Crippen LogP contribution in [-0.4, -0.2) is 19.9 Å². The summed E-state index contributed by atoms with van der Waals surface area (Å²) in [6.07, 6.45) is 2.91. The standard InChI is InChI=1S/C22H17ClN6O2/c23-17-10-4-5-11-18(17)27-21-20(29(30)31)22(26-15-25-21)28(19-12-6-7-13-24-19)14-16-8-2-1-3-9-16/h1-13,15H,14H2,(H,25,26,27). The highest BCUT2D eigenvalue weighted by molar-refractivity contribution is 6.33. The summed E-state index contributed by atoms with van der Waals surface area (Å²) in [5.41, 5.74) is 1.18. The summed E-state index contributed by atoms with van der Waals surface area (Å²) in [6.45, 7) is 0.335. The highest BCUT2D eigenvalue weighted by Crippen LogP contribution is 2.38. The van der Waals surface area contributed by atoms with E-state index in [4.69, 9.17) is 11.6 Å². The van der Waals surface area contributed by atoms with Crippen molar-refractivity contribution in [1.29, 1.82) is 0 Å². The molecule has 0 fully saturated rings. The summed E-state index contributed by atoms with van der Waals surface area (Å²) in [5.74, 6) is 0.686. The maximum atomic E-state index is 12.1. The Bertz CT molecular complexity index is 1190. The van der Waals surface area contributed by atoms with Crippen LogP contribution in [0.4, 0.5) is 28.8 Å². The molecular formula is C22H17ClN6O2. The molecule has 4 rings (SSSR count). The average molecular weight is 433 g/mol. The van der Waals surface area contributed by atoms with Crippen LogP contribution in [0.25, 0.3) is 0 Å². The Balaban J connectivity index is 1.83. The summed E-state index contributed by atoms with van der Waals surface area (Å²) in [7, 11) is 0. The van der Waals surface area contributed by atoms with E-state index in [0.29, 0.717) is 23.1 Å². The molecular weight excluding hydrogens is 416 g/mol. The summed E-state index contributed by atoms with van der Waals surface area (Å²) >= 11 is 6.22. The van der Waals surface area contributed by atoms with Gasteiger partial charge >= 0.3 is 5.69 Å². The fraction of sp³-hybridized carbons (Fsp3) is 0.0455. The van der Waals surface area contributed by atoms with E-state index in [-0.39, 0.29) is 17.3 Å². The molecule has 0 spiro atoms. The number of nitrogens with one attached hydrogen (secondary N) is 1. The zero-order valence-corrected chi connectivity index (χ0v) is 17.0. The van der Waals surface area contributed by atoms with Gasteiger partial charge in [0.2, 0.25) is 11.6 Å². The van der Waals surface area contributed by atoms with Crippen molar-refractivity contribution >= 4 is 40.4 Å². The molecule has 8 nitrogen and oxygen atoms in total. The molecule has 1 N–H and O–H groups in total. The molecule has 2 aromatic carbocycles. The number of para-hydroxylation sites is 1. The van der Waals surface area contributed by atoms with E-state index < -0.39 is 4.92 Å². The van der Waals surface area contributed by atoms with Gasteiger partial charge in [-0.1, -0.05) is 60.1 Å². The molecule has 0 aliphatic heterocycles. The van der Waals surface area contributed by atoms with Gasteiger partial charge in [0.15, 0.2) is 0 Å². The van der Waals surface area contributed by atoms with E-state index in [2.05, 4.69) is 20.3 Å². The molecule has 4 aromatic rings. The van der Waals surface area contributed by atoms with E-state index in [1.165, 1.54) is 6.33 Å². The van der Waals surface area contributed by atoms with Crippen molar-refractivity contribution in [2.24, 2.45) is 0 Å². The van der Waals surface area contributed by atoms with Crippen LogP contribution in [0.3, 0.4) is 0 Å². The number of aromatic nitrogens is 3.